The van der Waals surface area contributed by atoms with Crippen LogP contribution in [0.1, 0.15) is 23.6 Å². The fraction of sp³-hybridized carbons (Fsp3) is 0.250. The molecule has 0 aliphatic heterocycles. The number of nitriles is 1. The van der Waals surface area contributed by atoms with Gasteiger partial charge in [-0.25, -0.2) is 0 Å². The number of carbonyl (C=O) groups is 2. The van der Waals surface area contributed by atoms with Gasteiger partial charge in [0.05, 0.1) is 17.4 Å². The second kappa shape index (κ2) is 9.07. The van der Waals surface area contributed by atoms with E-state index in [1.54, 1.807) is 24.3 Å². The Kier molecular flexibility index (Phi) is 6.81. The average Bonchev–Trinajstić information content (AvgIpc) is 2.63. The molecule has 0 bridgehead atoms. The molecule has 0 unspecified atom stereocenters. The Bertz CT molecular complexity index is 841. The maximum atomic E-state index is 12.1. The van der Waals surface area contributed by atoms with E-state index in [0.29, 0.717) is 11.3 Å². The standard InChI is InChI=1S/C20H20N2O3S/c1-13-4-9-18(10-14(13)2)26-12-19(23)25-15(3)20(24)22-17-7-5-16(11-21)6-8-17/h4-10,15H,12H2,1-3H3,(H,22,24)/t15-/m0/s1. The highest BCUT2D eigenvalue weighted by Crippen LogP contribution is 2.21. The lowest BCUT2D eigenvalue weighted by Gasteiger charge is -2.13. The highest BCUT2D eigenvalue weighted by Gasteiger charge is 2.18. The monoisotopic (exact) mass is 368 g/mol. The van der Waals surface area contributed by atoms with E-state index in [1.165, 1.54) is 29.8 Å². The molecular weight excluding hydrogens is 348 g/mol. The van der Waals surface area contributed by atoms with E-state index in [0.717, 1.165) is 4.90 Å². The number of aryl methyl sites for hydroxylation is 2. The minimum Gasteiger partial charge on any atom is -0.452 e. The number of hydrogen-bond donors (Lipinski definition) is 1. The van der Waals surface area contributed by atoms with Gasteiger partial charge in [-0.2, -0.15) is 5.26 Å². The number of thioether (sulfide) groups is 1. The summed E-state index contributed by atoms with van der Waals surface area (Å²) >= 11 is 1.38. The molecule has 2 aromatic rings. The molecule has 0 saturated heterocycles. The number of nitrogens with one attached hydrogen (secondary N) is 1. The maximum Gasteiger partial charge on any atom is 0.317 e. The fourth-order valence-corrected chi connectivity index (χ4v) is 2.88. The summed E-state index contributed by atoms with van der Waals surface area (Å²) in [4.78, 5) is 25.0. The first kappa shape index (κ1) is 19.5. The number of anilines is 1. The highest BCUT2D eigenvalue weighted by molar-refractivity contribution is 8.00. The van der Waals surface area contributed by atoms with Crippen molar-refractivity contribution in [2.75, 3.05) is 11.1 Å². The van der Waals surface area contributed by atoms with E-state index in [1.807, 2.05) is 38.1 Å². The van der Waals surface area contributed by atoms with Gasteiger partial charge >= 0.3 is 5.97 Å². The Hall–Kier alpha value is -2.78. The zero-order valence-corrected chi connectivity index (χ0v) is 15.7. The normalized spacial score (nSPS) is 11.3. The van der Waals surface area contributed by atoms with Crippen molar-refractivity contribution in [2.24, 2.45) is 0 Å². The van der Waals surface area contributed by atoms with Crippen molar-refractivity contribution >= 4 is 29.3 Å². The van der Waals surface area contributed by atoms with Crippen molar-refractivity contribution in [3.05, 3.63) is 59.2 Å². The summed E-state index contributed by atoms with van der Waals surface area (Å²) in [7, 11) is 0. The van der Waals surface area contributed by atoms with Crippen LogP contribution in [0.3, 0.4) is 0 Å². The summed E-state index contributed by atoms with van der Waals surface area (Å²) in [6, 6.07) is 14.5. The third-order valence-corrected chi connectivity index (χ3v) is 4.76. The second-order valence-electron chi connectivity index (χ2n) is 5.85. The molecule has 0 saturated carbocycles. The topological polar surface area (TPSA) is 79.2 Å². The number of hydrogen-bond acceptors (Lipinski definition) is 5. The first-order valence-electron chi connectivity index (χ1n) is 8.09. The predicted molar refractivity (Wildman–Crippen MR) is 102 cm³/mol. The molecule has 0 fully saturated rings. The smallest absolute Gasteiger partial charge is 0.317 e. The molecule has 2 aromatic carbocycles. The highest BCUT2D eigenvalue weighted by atomic mass is 32.2. The number of nitrogens with zero attached hydrogens (tertiary/aromatic N) is 1. The van der Waals surface area contributed by atoms with Gasteiger partial charge in [0.2, 0.25) is 0 Å². The zero-order valence-electron chi connectivity index (χ0n) is 14.9. The maximum absolute atomic E-state index is 12.1. The summed E-state index contributed by atoms with van der Waals surface area (Å²) in [6.07, 6.45) is -0.904. The molecule has 0 aliphatic carbocycles. The van der Waals surface area contributed by atoms with Crippen molar-refractivity contribution in [3.63, 3.8) is 0 Å². The number of ether oxygens (including phenoxy) is 1. The Labute approximate surface area is 157 Å². The second-order valence-corrected chi connectivity index (χ2v) is 6.89. The summed E-state index contributed by atoms with van der Waals surface area (Å²) in [5.41, 5.74) is 3.41. The Morgan fingerprint density at radius 2 is 1.85 bits per heavy atom. The summed E-state index contributed by atoms with van der Waals surface area (Å²) in [6.45, 7) is 5.58. The van der Waals surface area contributed by atoms with Crippen LogP contribution in [0.5, 0.6) is 0 Å². The van der Waals surface area contributed by atoms with Gasteiger partial charge in [0, 0.05) is 10.6 Å². The molecule has 0 heterocycles. The van der Waals surface area contributed by atoms with Crippen LogP contribution in [-0.2, 0) is 14.3 Å². The van der Waals surface area contributed by atoms with E-state index in [-0.39, 0.29) is 5.75 Å². The van der Waals surface area contributed by atoms with Crippen LogP contribution in [0, 0.1) is 25.2 Å². The molecule has 0 aromatic heterocycles. The van der Waals surface area contributed by atoms with Gasteiger partial charge in [-0.1, -0.05) is 6.07 Å². The van der Waals surface area contributed by atoms with Gasteiger partial charge in [0.25, 0.3) is 5.91 Å². The van der Waals surface area contributed by atoms with Crippen LogP contribution in [0.15, 0.2) is 47.4 Å². The zero-order chi connectivity index (χ0) is 19.1. The SMILES string of the molecule is Cc1ccc(SCC(=O)O[C@@H](C)C(=O)Nc2ccc(C#N)cc2)cc1C. The minimum absolute atomic E-state index is 0.136. The molecule has 5 nitrogen and oxygen atoms in total. The number of amides is 1. The van der Waals surface area contributed by atoms with Crippen molar-refractivity contribution in [2.45, 2.75) is 31.8 Å². The van der Waals surface area contributed by atoms with Gasteiger partial charge < -0.3 is 10.1 Å². The molecule has 134 valence electrons. The summed E-state index contributed by atoms with van der Waals surface area (Å²) in [5, 5.41) is 11.4. The third-order valence-electron chi connectivity index (χ3n) is 3.79. The van der Waals surface area contributed by atoms with Crippen molar-refractivity contribution in [1.82, 2.24) is 0 Å². The molecule has 0 radical (unpaired) electrons. The quantitative estimate of drug-likeness (QED) is 0.619. The Balaban J connectivity index is 1.82. The Morgan fingerprint density at radius 3 is 2.46 bits per heavy atom. The largest absolute Gasteiger partial charge is 0.452 e. The van der Waals surface area contributed by atoms with Crippen molar-refractivity contribution < 1.29 is 14.3 Å². The first-order valence-corrected chi connectivity index (χ1v) is 9.08. The molecule has 2 rings (SSSR count). The fourth-order valence-electron chi connectivity index (χ4n) is 2.10. The summed E-state index contributed by atoms with van der Waals surface area (Å²) in [5.74, 6) is -0.730. The molecular formula is C20H20N2O3S. The lowest BCUT2D eigenvalue weighted by atomic mass is 10.1. The van der Waals surface area contributed by atoms with E-state index in [2.05, 4.69) is 5.32 Å². The van der Waals surface area contributed by atoms with E-state index in [4.69, 9.17) is 10.00 Å². The molecule has 0 aliphatic rings. The number of carbonyl (C=O) groups excluding carboxylic acids is 2. The van der Waals surface area contributed by atoms with E-state index >= 15 is 0 Å². The van der Waals surface area contributed by atoms with E-state index in [9.17, 15) is 9.59 Å². The van der Waals surface area contributed by atoms with Crippen LogP contribution in [0.2, 0.25) is 0 Å². The van der Waals surface area contributed by atoms with Gasteiger partial charge in [0.15, 0.2) is 6.10 Å². The van der Waals surface area contributed by atoms with Gasteiger partial charge in [0.1, 0.15) is 0 Å². The van der Waals surface area contributed by atoms with Crippen LogP contribution in [0.25, 0.3) is 0 Å². The predicted octanol–water partition coefficient (Wildman–Crippen LogP) is 3.84. The molecule has 1 atom stereocenters. The molecule has 1 amide bonds. The van der Waals surface area contributed by atoms with Crippen LogP contribution < -0.4 is 5.32 Å². The van der Waals surface area contributed by atoms with Crippen LogP contribution in [0.4, 0.5) is 5.69 Å². The molecule has 6 heteroatoms. The third kappa shape index (κ3) is 5.64. The average molecular weight is 368 g/mol. The van der Waals surface area contributed by atoms with Crippen molar-refractivity contribution in [3.8, 4) is 6.07 Å². The number of rotatable bonds is 6. The van der Waals surface area contributed by atoms with Crippen molar-refractivity contribution in [1.29, 1.82) is 5.26 Å². The van der Waals surface area contributed by atoms with Gasteiger partial charge in [-0.15, -0.1) is 11.8 Å². The number of benzene rings is 2. The number of esters is 1. The lowest BCUT2D eigenvalue weighted by molar-refractivity contribution is -0.150. The molecule has 0 spiro atoms. The molecule has 1 N–H and O–H groups in total. The van der Waals surface area contributed by atoms with Gasteiger partial charge in [-0.05, 0) is 68.3 Å². The lowest BCUT2D eigenvalue weighted by Crippen LogP contribution is -2.30. The van der Waals surface area contributed by atoms with Crippen LogP contribution in [-0.4, -0.2) is 23.7 Å². The van der Waals surface area contributed by atoms with E-state index < -0.39 is 18.0 Å². The first-order chi connectivity index (χ1) is 12.4. The minimum atomic E-state index is -0.904. The van der Waals surface area contributed by atoms with Crippen LogP contribution >= 0.6 is 11.8 Å². The molecule has 26 heavy (non-hydrogen) atoms. The summed E-state index contributed by atoms with van der Waals surface area (Å²) < 4.78 is 5.18. The van der Waals surface area contributed by atoms with Gasteiger partial charge in [-0.3, -0.25) is 9.59 Å². The Morgan fingerprint density at radius 1 is 1.15 bits per heavy atom.